The van der Waals surface area contributed by atoms with Crippen LogP contribution in [0.15, 0.2) is 36.8 Å². The average molecular weight is 294 g/mol. The van der Waals surface area contributed by atoms with Crippen molar-refractivity contribution in [3.63, 3.8) is 0 Å². The molecule has 0 saturated carbocycles. The summed E-state index contributed by atoms with van der Waals surface area (Å²) in [6.07, 6.45) is 7.73. The number of pyridine rings is 2. The summed E-state index contributed by atoms with van der Waals surface area (Å²) in [6, 6.07) is 6.19. The van der Waals surface area contributed by atoms with Gasteiger partial charge in [-0.15, -0.1) is 0 Å². The fourth-order valence-corrected chi connectivity index (χ4v) is 3.48. The Labute approximate surface area is 129 Å². The maximum absolute atomic E-state index is 12.0. The van der Waals surface area contributed by atoms with Crippen LogP contribution in [-0.2, 0) is 6.54 Å². The normalized spacial score (nSPS) is 18.2. The van der Waals surface area contributed by atoms with Gasteiger partial charge in [0.2, 0.25) is 0 Å². The molecule has 112 valence electrons. The van der Waals surface area contributed by atoms with E-state index in [1.54, 1.807) is 0 Å². The van der Waals surface area contributed by atoms with Crippen LogP contribution in [-0.4, -0.2) is 29.0 Å². The molecule has 0 aromatic carbocycles. The summed E-state index contributed by atoms with van der Waals surface area (Å²) in [5.74, 6) is 0.595. The summed E-state index contributed by atoms with van der Waals surface area (Å²) in [7, 11) is 0. The third kappa shape index (κ3) is 2.22. The molecule has 0 bridgehead atoms. The van der Waals surface area contributed by atoms with Crippen molar-refractivity contribution in [2.45, 2.75) is 25.3 Å². The van der Waals surface area contributed by atoms with Gasteiger partial charge in [0.15, 0.2) is 0 Å². The van der Waals surface area contributed by atoms with E-state index >= 15 is 0 Å². The first-order valence-corrected chi connectivity index (χ1v) is 7.74. The van der Waals surface area contributed by atoms with Crippen LogP contribution in [0.5, 0.6) is 0 Å². The number of aromatic nitrogens is 2. The molecule has 2 aliphatic rings. The van der Waals surface area contributed by atoms with Crippen LogP contribution in [0.2, 0.25) is 0 Å². The number of carbonyl (C=O) groups is 1. The topological polar surface area (TPSA) is 58.1 Å². The molecular formula is C17H18N4O. The Balaban J connectivity index is 1.53. The molecule has 0 unspecified atom stereocenters. The molecule has 5 nitrogen and oxygen atoms in total. The number of piperidine rings is 1. The highest BCUT2D eigenvalue weighted by molar-refractivity contribution is 6.03. The van der Waals surface area contributed by atoms with E-state index in [1.807, 2.05) is 24.7 Å². The predicted octanol–water partition coefficient (Wildman–Crippen LogP) is 2.10. The van der Waals surface area contributed by atoms with Crippen LogP contribution in [0.4, 0.5) is 5.69 Å². The molecule has 5 heteroatoms. The molecule has 0 aliphatic carbocycles. The second kappa shape index (κ2) is 5.40. The Morgan fingerprint density at radius 3 is 2.64 bits per heavy atom. The van der Waals surface area contributed by atoms with Crippen molar-refractivity contribution < 1.29 is 4.79 Å². The van der Waals surface area contributed by atoms with Gasteiger partial charge in [-0.1, -0.05) is 0 Å². The molecule has 0 atom stereocenters. The van der Waals surface area contributed by atoms with E-state index in [0.29, 0.717) is 12.5 Å². The number of nitrogens with zero attached hydrogens (tertiary/aromatic N) is 3. The van der Waals surface area contributed by atoms with E-state index in [2.05, 4.69) is 32.3 Å². The molecule has 0 spiro atoms. The Kier molecular flexibility index (Phi) is 3.25. The number of nitrogens with one attached hydrogen (secondary N) is 1. The largest absolute Gasteiger partial charge is 0.371 e. The molecule has 2 aliphatic heterocycles. The van der Waals surface area contributed by atoms with Gasteiger partial charge < -0.3 is 10.2 Å². The van der Waals surface area contributed by atoms with Crippen LogP contribution in [0, 0.1) is 0 Å². The van der Waals surface area contributed by atoms with Crippen molar-refractivity contribution in [1.82, 2.24) is 15.3 Å². The van der Waals surface area contributed by atoms with Crippen molar-refractivity contribution >= 4 is 11.6 Å². The minimum Gasteiger partial charge on any atom is -0.371 e. The SMILES string of the molecule is O=C1NCc2nccc(N3CCC(c4ccncc4)CC3)c21. The lowest BCUT2D eigenvalue weighted by Gasteiger charge is -2.34. The van der Waals surface area contributed by atoms with Crippen LogP contribution in [0.3, 0.4) is 0 Å². The van der Waals surface area contributed by atoms with Crippen LogP contribution in [0.25, 0.3) is 0 Å². The average Bonchev–Trinajstić information content (AvgIpc) is 2.97. The van der Waals surface area contributed by atoms with Crippen LogP contribution < -0.4 is 10.2 Å². The summed E-state index contributed by atoms with van der Waals surface area (Å²) >= 11 is 0. The third-order valence-corrected chi connectivity index (χ3v) is 4.66. The molecule has 1 saturated heterocycles. The van der Waals surface area contributed by atoms with E-state index in [0.717, 1.165) is 42.9 Å². The Morgan fingerprint density at radius 1 is 1.09 bits per heavy atom. The molecule has 4 rings (SSSR count). The van der Waals surface area contributed by atoms with Gasteiger partial charge in [0.05, 0.1) is 23.5 Å². The van der Waals surface area contributed by atoms with Gasteiger partial charge in [0.25, 0.3) is 5.91 Å². The summed E-state index contributed by atoms with van der Waals surface area (Å²) in [6.45, 7) is 2.49. The van der Waals surface area contributed by atoms with Gasteiger partial charge in [-0.05, 0) is 42.5 Å². The lowest BCUT2D eigenvalue weighted by Crippen LogP contribution is -2.34. The van der Waals surface area contributed by atoms with Gasteiger partial charge >= 0.3 is 0 Å². The van der Waals surface area contributed by atoms with E-state index in [-0.39, 0.29) is 5.91 Å². The van der Waals surface area contributed by atoms with Crippen molar-refractivity contribution in [2.24, 2.45) is 0 Å². The highest BCUT2D eigenvalue weighted by atomic mass is 16.1. The minimum atomic E-state index is 0.00866. The predicted molar refractivity (Wildman–Crippen MR) is 83.8 cm³/mol. The minimum absolute atomic E-state index is 0.00866. The van der Waals surface area contributed by atoms with Crippen molar-refractivity contribution in [2.75, 3.05) is 18.0 Å². The van der Waals surface area contributed by atoms with E-state index < -0.39 is 0 Å². The number of hydrogen-bond acceptors (Lipinski definition) is 4. The number of fused-ring (bicyclic) bond motifs is 1. The summed E-state index contributed by atoms with van der Waals surface area (Å²) < 4.78 is 0. The fourth-order valence-electron chi connectivity index (χ4n) is 3.48. The lowest BCUT2D eigenvalue weighted by atomic mass is 9.89. The number of hydrogen-bond donors (Lipinski definition) is 1. The molecule has 2 aromatic rings. The molecule has 1 fully saturated rings. The number of carbonyl (C=O) groups excluding carboxylic acids is 1. The first-order valence-electron chi connectivity index (χ1n) is 7.74. The molecular weight excluding hydrogens is 276 g/mol. The van der Waals surface area contributed by atoms with E-state index in [1.165, 1.54) is 5.56 Å². The second-order valence-corrected chi connectivity index (χ2v) is 5.88. The van der Waals surface area contributed by atoms with Crippen LogP contribution in [0.1, 0.15) is 40.4 Å². The van der Waals surface area contributed by atoms with E-state index in [4.69, 9.17) is 0 Å². The van der Waals surface area contributed by atoms with E-state index in [9.17, 15) is 4.79 Å². The molecule has 0 radical (unpaired) electrons. The zero-order valence-corrected chi connectivity index (χ0v) is 12.3. The summed E-state index contributed by atoms with van der Waals surface area (Å²) in [5.41, 5.74) is 4.05. The molecule has 2 aromatic heterocycles. The van der Waals surface area contributed by atoms with Gasteiger partial charge in [0, 0.05) is 31.7 Å². The Bertz CT molecular complexity index is 693. The second-order valence-electron chi connectivity index (χ2n) is 5.88. The highest BCUT2D eigenvalue weighted by Crippen LogP contribution is 2.33. The summed E-state index contributed by atoms with van der Waals surface area (Å²) in [5, 5.41) is 2.86. The van der Waals surface area contributed by atoms with Crippen molar-refractivity contribution in [3.05, 3.63) is 53.6 Å². The first kappa shape index (κ1) is 13.2. The maximum atomic E-state index is 12.0. The number of amides is 1. The zero-order chi connectivity index (χ0) is 14.9. The first-order chi connectivity index (χ1) is 10.8. The quantitative estimate of drug-likeness (QED) is 0.921. The van der Waals surface area contributed by atoms with Crippen molar-refractivity contribution in [3.8, 4) is 0 Å². The Morgan fingerprint density at radius 2 is 1.86 bits per heavy atom. The van der Waals surface area contributed by atoms with Gasteiger partial charge in [-0.2, -0.15) is 0 Å². The molecule has 22 heavy (non-hydrogen) atoms. The monoisotopic (exact) mass is 294 g/mol. The number of anilines is 1. The van der Waals surface area contributed by atoms with Gasteiger partial charge in [0.1, 0.15) is 0 Å². The number of rotatable bonds is 2. The standard InChI is InChI=1S/C17H18N4O/c22-17-16-14(11-20-17)19-8-3-15(16)21-9-4-13(5-10-21)12-1-6-18-7-2-12/h1-3,6-8,13H,4-5,9-11H2,(H,20,22). The smallest absolute Gasteiger partial charge is 0.255 e. The zero-order valence-electron chi connectivity index (χ0n) is 12.3. The van der Waals surface area contributed by atoms with Gasteiger partial charge in [-0.25, -0.2) is 0 Å². The molecule has 4 heterocycles. The lowest BCUT2D eigenvalue weighted by molar-refractivity contribution is 0.0966. The molecule has 1 N–H and O–H groups in total. The third-order valence-electron chi connectivity index (χ3n) is 4.66. The van der Waals surface area contributed by atoms with Crippen LogP contribution >= 0.6 is 0 Å². The molecule has 1 amide bonds. The fraction of sp³-hybridized carbons (Fsp3) is 0.353. The maximum Gasteiger partial charge on any atom is 0.255 e. The highest BCUT2D eigenvalue weighted by Gasteiger charge is 2.28. The summed E-state index contributed by atoms with van der Waals surface area (Å²) in [4.78, 5) is 22.8. The Hall–Kier alpha value is -2.43. The van der Waals surface area contributed by atoms with Crippen molar-refractivity contribution in [1.29, 1.82) is 0 Å². The van der Waals surface area contributed by atoms with Gasteiger partial charge in [-0.3, -0.25) is 14.8 Å².